The van der Waals surface area contributed by atoms with Crippen LogP contribution in [0, 0.1) is 6.92 Å². The van der Waals surface area contributed by atoms with E-state index in [4.69, 9.17) is 5.73 Å². The number of fused-ring (bicyclic) bond motifs is 1. The molecular formula is C21H21F2NOS. The van der Waals surface area contributed by atoms with Crippen molar-refractivity contribution in [2.75, 3.05) is 12.0 Å². The quantitative estimate of drug-likeness (QED) is 0.677. The van der Waals surface area contributed by atoms with Gasteiger partial charge in [-0.15, -0.1) is 11.8 Å². The zero-order valence-electron chi connectivity index (χ0n) is 15.0. The molecule has 0 saturated carbocycles. The lowest BCUT2D eigenvalue weighted by atomic mass is 10.00. The van der Waals surface area contributed by atoms with Gasteiger partial charge in [-0.1, -0.05) is 24.8 Å². The Hall–Kier alpha value is -2.27. The summed E-state index contributed by atoms with van der Waals surface area (Å²) in [5.74, 6) is 0.136. The summed E-state index contributed by atoms with van der Waals surface area (Å²) < 4.78 is 30.6. The summed E-state index contributed by atoms with van der Waals surface area (Å²) in [5, 5.41) is 0. The summed E-state index contributed by atoms with van der Waals surface area (Å²) >= 11 is 1.61. The Morgan fingerprint density at radius 3 is 2.46 bits per heavy atom. The van der Waals surface area contributed by atoms with Crippen LogP contribution < -0.4 is 10.5 Å². The topological polar surface area (TPSA) is 35.2 Å². The zero-order chi connectivity index (χ0) is 19.1. The average molecular weight is 373 g/mol. The largest absolute Gasteiger partial charge is 0.433 e. The van der Waals surface area contributed by atoms with Gasteiger partial charge < -0.3 is 10.5 Å². The van der Waals surface area contributed by atoms with Crippen molar-refractivity contribution in [1.82, 2.24) is 0 Å². The molecule has 0 fully saturated rings. The number of ether oxygens (including phenoxy) is 1. The Balaban J connectivity index is 2.06. The van der Waals surface area contributed by atoms with Crippen molar-refractivity contribution in [3.63, 3.8) is 0 Å². The second-order valence-corrected chi connectivity index (χ2v) is 7.31. The Morgan fingerprint density at radius 2 is 1.88 bits per heavy atom. The minimum absolute atomic E-state index is 0.136. The van der Waals surface area contributed by atoms with E-state index < -0.39 is 6.11 Å². The number of nitrogen functional groups attached to an aromatic ring is 1. The van der Waals surface area contributed by atoms with Crippen molar-refractivity contribution < 1.29 is 13.5 Å². The van der Waals surface area contributed by atoms with Gasteiger partial charge in [0.05, 0.1) is 0 Å². The first-order chi connectivity index (χ1) is 12.2. The van der Waals surface area contributed by atoms with Crippen molar-refractivity contribution in [1.29, 1.82) is 0 Å². The molecule has 2 aromatic rings. The molecule has 5 heteroatoms. The van der Waals surface area contributed by atoms with Gasteiger partial charge in [-0.3, -0.25) is 0 Å². The van der Waals surface area contributed by atoms with Crippen LogP contribution in [0.25, 0.3) is 10.5 Å². The molecule has 136 valence electrons. The maximum Gasteiger partial charge on any atom is 0.394 e. The molecule has 0 unspecified atom stereocenters. The predicted octanol–water partition coefficient (Wildman–Crippen LogP) is 5.91. The summed E-state index contributed by atoms with van der Waals surface area (Å²) in [6.45, 7) is 6.96. The van der Waals surface area contributed by atoms with E-state index in [9.17, 15) is 8.78 Å². The minimum atomic E-state index is -3.20. The molecule has 2 N–H and O–H groups in total. The van der Waals surface area contributed by atoms with Crippen LogP contribution in [0.15, 0.2) is 48.6 Å². The summed E-state index contributed by atoms with van der Waals surface area (Å²) in [6.07, 6.45) is -0.411. The number of alkyl halides is 2. The minimum Gasteiger partial charge on any atom is -0.433 e. The van der Waals surface area contributed by atoms with E-state index in [0.717, 1.165) is 51.8 Å². The van der Waals surface area contributed by atoms with Crippen molar-refractivity contribution >= 4 is 27.9 Å². The fourth-order valence-electron chi connectivity index (χ4n) is 3.20. The highest BCUT2D eigenvalue weighted by Crippen LogP contribution is 2.45. The van der Waals surface area contributed by atoms with E-state index in [-0.39, 0.29) is 5.75 Å². The first-order valence-corrected chi connectivity index (χ1v) is 9.45. The maximum atomic E-state index is 13.0. The molecule has 1 aliphatic rings. The average Bonchev–Trinajstić information content (AvgIpc) is 2.85. The molecule has 2 aromatic carbocycles. The monoisotopic (exact) mass is 373 g/mol. The van der Waals surface area contributed by atoms with E-state index in [2.05, 4.69) is 17.4 Å². The number of benzene rings is 2. The lowest BCUT2D eigenvalue weighted by Gasteiger charge is -2.15. The van der Waals surface area contributed by atoms with Gasteiger partial charge in [-0.05, 0) is 71.2 Å². The summed E-state index contributed by atoms with van der Waals surface area (Å²) in [5.41, 5.74) is 13.3. The molecule has 0 saturated heterocycles. The maximum absolute atomic E-state index is 13.0. The molecule has 0 heterocycles. The van der Waals surface area contributed by atoms with Crippen LogP contribution in [0.3, 0.4) is 0 Å². The second-order valence-electron chi connectivity index (χ2n) is 6.49. The lowest BCUT2D eigenvalue weighted by molar-refractivity contribution is -0.158. The Labute approximate surface area is 156 Å². The standard InChI is InChI=1S/C21H21F2NOS/c1-12-9-15-10-13(2)19(17(15)11-18(12)24)20(26-4)14-5-7-16(8-6-14)25-21(3,22)23/h5-9,11H,2,10,24H2,1,3-4H3. The fourth-order valence-corrected chi connectivity index (χ4v) is 4.03. The molecule has 1 aliphatic carbocycles. The highest BCUT2D eigenvalue weighted by atomic mass is 32.2. The highest BCUT2D eigenvalue weighted by Gasteiger charge is 2.25. The van der Waals surface area contributed by atoms with Crippen LogP contribution in [-0.2, 0) is 6.42 Å². The van der Waals surface area contributed by atoms with Crippen molar-refractivity contribution in [2.45, 2.75) is 26.4 Å². The third-order valence-corrected chi connectivity index (χ3v) is 5.21. The number of rotatable bonds is 4. The van der Waals surface area contributed by atoms with Crippen LogP contribution in [0.5, 0.6) is 5.75 Å². The molecule has 0 amide bonds. The van der Waals surface area contributed by atoms with Gasteiger partial charge in [0, 0.05) is 17.5 Å². The van der Waals surface area contributed by atoms with Gasteiger partial charge in [0.15, 0.2) is 0 Å². The summed E-state index contributed by atoms with van der Waals surface area (Å²) in [7, 11) is 0. The smallest absolute Gasteiger partial charge is 0.394 e. The molecule has 2 nitrogen and oxygen atoms in total. The van der Waals surface area contributed by atoms with Crippen molar-refractivity contribution in [2.24, 2.45) is 0 Å². The van der Waals surface area contributed by atoms with Crippen molar-refractivity contribution in [3.05, 3.63) is 70.8 Å². The number of thioether (sulfide) groups is 1. The van der Waals surface area contributed by atoms with Crippen LogP contribution in [-0.4, -0.2) is 12.4 Å². The molecule has 0 bridgehead atoms. The zero-order valence-corrected chi connectivity index (χ0v) is 15.8. The van der Waals surface area contributed by atoms with Gasteiger partial charge in [0.1, 0.15) is 5.75 Å². The molecule has 0 radical (unpaired) electrons. The summed E-state index contributed by atoms with van der Waals surface area (Å²) in [4.78, 5) is 1.05. The fraction of sp³-hybridized carbons (Fsp3) is 0.238. The number of hydrogen-bond donors (Lipinski definition) is 1. The van der Waals surface area contributed by atoms with Crippen LogP contribution in [0.1, 0.15) is 29.2 Å². The Kier molecular flexibility index (Phi) is 4.84. The Morgan fingerprint density at radius 1 is 1.23 bits per heavy atom. The SMILES string of the molecule is C=C1Cc2cc(C)c(N)cc2C1=C(SC)c1ccc(OC(C)(F)F)cc1. The lowest BCUT2D eigenvalue weighted by Crippen LogP contribution is -2.18. The number of nitrogens with two attached hydrogens (primary N) is 1. The van der Waals surface area contributed by atoms with Crippen molar-refractivity contribution in [3.8, 4) is 5.75 Å². The van der Waals surface area contributed by atoms with Crippen LogP contribution in [0.4, 0.5) is 14.5 Å². The van der Waals surface area contributed by atoms with Gasteiger partial charge in [0.2, 0.25) is 0 Å². The molecule has 0 atom stereocenters. The first-order valence-electron chi connectivity index (χ1n) is 8.22. The molecule has 0 aliphatic heterocycles. The van der Waals surface area contributed by atoms with E-state index in [0.29, 0.717) is 0 Å². The van der Waals surface area contributed by atoms with E-state index >= 15 is 0 Å². The third kappa shape index (κ3) is 3.63. The van der Waals surface area contributed by atoms with Crippen LogP contribution >= 0.6 is 11.8 Å². The number of allylic oxidation sites excluding steroid dienone is 2. The molecular weight excluding hydrogens is 352 g/mol. The van der Waals surface area contributed by atoms with Gasteiger partial charge in [-0.2, -0.15) is 8.78 Å². The Bertz CT molecular complexity index is 895. The molecule has 3 rings (SSSR count). The number of anilines is 1. The van der Waals surface area contributed by atoms with Gasteiger partial charge >= 0.3 is 6.11 Å². The third-order valence-electron chi connectivity index (χ3n) is 4.36. The number of hydrogen-bond acceptors (Lipinski definition) is 3. The van der Waals surface area contributed by atoms with Crippen LogP contribution in [0.2, 0.25) is 0 Å². The van der Waals surface area contributed by atoms with Gasteiger partial charge in [0.25, 0.3) is 0 Å². The van der Waals surface area contributed by atoms with E-state index in [1.807, 2.05) is 19.2 Å². The number of aryl methyl sites for hydroxylation is 1. The second kappa shape index (κ2) is 6.80. The normalized spacial score (nSPS) is 15.8. The molecule has 0 spiro atoms. The highest BCUT2D eigenvalue weighted by molar-refractivity contribution is 8.08. The first kappa shape index (κ1) is 18.5. The predicted molar refractivity (Wildman–Crippen MR) is 106 cm³/mol. The molecule has 0 aromatic heterocycles. The van der Waals surface area contributed by atoms with E-state index in [1.165, 1.54) is 5.56 Å². The molecule has 26 heavy (non-hydrogen) atoms. The van der Waals surface area contributed by atoms with Gasteiger partial charge in [-0.25, -0.2) is 0 Å². The van der Waals surface area contributed by atoms with E-state index in [1.54, 1.807) is 36.0 Å². The number of halogens is 2. The summed E-state index contributed by atoms with van der Waals surface area (Å²) in [6, 6.07) is 10.8.